The second-order valence-electron chi connectivity index (χ2n) is 2.69. The van der Waals surface area contributed by atoms with Gasteiger partial charge < -0.3 is 9.84 Å². The molecule has 0 aliphatic heterocycles. The van der Waals surface area contributed by atoms with Crippen molar-refractivity contribution in [3.05, 3.63) is 28.5 Å². The molecule has 0 radical (unpaired) electrons. The van der Waals surface area contributed by atoms with Crippen LogP contribution in [0.25, 0.3) is 0 Å². The second-order valence-corrected chi connectivity index (χ2v) is 3.12. The van der Waals surface area contributed by atoms with Gasteiger partial charge in [-0.2, -0.15) is 0 Å². The number of halogens is 2. The van der Waals surface area contributed by atoms with E-state index < -0.39 is 11.9 Å². The van der Waals surface area contributed by atoms with Crippen LogP contribution in [0.4, 0.5) is 4.39 Å². The van der Waals surface area contributed by atoms with Gasteiger partial charge in [-0.1, -0.05) is 11.6 Å². The molecule has 1 rings (SSSR count). The maximum Gasteiger partial charge on any atom is 0.170 e. The first-order valence-electron chi connectivity index (χ1n) is 3.77. The number of hydrogen-bond acceptors (Lipinski definition) is 2. The predicted molar refractivity (Wildman–Crippen MR) is 48.6 cm³/mol. The van der Waals surface area contributed by atoms with Crippen LogP contribution >= 0.6 is 11.6 Å². The van der Waals surface area contributed by atoms with E-state index in [0.717, 1.165) is 0 Å². The summed E-state index contributed by atoms with van der Waals surface area (Å²) < 4.78 is 18.1. The lowest BCUT2D eigenvalue weighted by Gasteiger charge is -2.10. The van der Waals surface area contributed by atoms with Gasteiger partial charge in [0.05, 0.1) is 13.2 Å². The fourth-order valence-electron chi connectivity index (χ4n) is 1.04. The molecular formula is C9H10ClFO2. The smallest absolute Gasteiger partial charge is 0.170 e. The Morgan fingerprint density at radius 3 is 2.62 bits per heavy atom. The van der Waals surface area contributed by atoms with Crippen molar-refractivity contribution in [2.24, 2.45) is 0 Å². The maximum atomic E-state index is 13.4. The van der Waals surface area contributed by atoms with Crippen LogP contribution in [-0.2, 0) is 0 Å². The highest BCUT2D eigenvalue weighted by Crippen LogP contribution is 2.29. The number of hydrogen-bond donors (Lipinski definition) is 1. The highest BCUT2D eigenvalue weighted by molar-refractivity contribution is 6.30. The minimum Gasteiger partial charge on any atom is -0.494 e. The Morgan fingerprint density at radius 2 is 2.15 bits per heavy atom. The third-order valence-corrected chi connectivity index (χ3v) is 1.92. The third kappa shape index (κ3) is 2.11. The van der Waals surface area contributed by atoms with E-state index in [4.69, 9.17) is 16.3 Å². The maximum absolute atomic E-state index is 13.4. The van der Waals surface area contributed by atoms with Gasteiger partial charge in [0.25, 0.3) is 0 Å². The molecule has 1 N–H and O–H groups in total. The van der Waals surface area contributed by atoms with Gasteiger partial charge in [0.15, 0.2) is 11.6 Å². The quantitative estimate of drug-likeness (QED) is 0.802. The van der Waals surface area contributed by atoms with Gasteiger partial charge in [0, 0.05) is 16.7 Å². The number of methoxy groups -OCH3 is 1. The highest BCUT2D eigenvalue weighted by Gasteiger charge is 2.14. The van der Waals surface area contributed by atoms with E-state index in [1.54, 1.807) is 0 Å². The normalized spacial score (nSPS) is 12.7. The van der Waals surface area contributed by atoms with Gasteiger partial charge in [-0.05, 0) is 13.0 Å². The molecule has 0 fully saturated rings. The fourth-order valence-corrected chi connectivity index (χ4v) is 1.25. The Kier molecular flexibility index (Phi) is 3.12. The molecule has 0 saturated carbocycles. The van der Waals surface area contributed by atoms with Gasteiger partial charge >= 0.3 is 0 Å². The molecule has 1 aromatic carbocycles. The Hall–Kier alpha value is -0.800. The number of benzene rings is 1. The van der Waals surface area contributed by atoms with E-state index in [-0.39, 0.29) is 11.3 Å². The number of aliphatic hydroxyl groups is 1. The molecule has 72 valence electrons. The summed E-state index contributed by atoms with van der Waals surface area (Å²) in [5, 5.41) is 9.54. The summed E-state index contributed by atoms with van der Waals surface area (Å²) in [6.45, 7) is 1.47. The lowest BCUT2D eigenvalue weighted by Crippen LogP contribution is -1.98. The molecule has 0 aromatic heterocycles. The summed E-state index contributed by atoms with van der Waals surface area (Å²) in [4.78, 5) is 0. The molecule has 1 unspecified atom stereocenters. The lowest BCUT2D eigenvalue weighted by molar-refractivity contribution is 0.193. The van der Waals surface area contributed by atoms with Crippen LogP contribution < -0.4 is 4.74 Å². The predicted octanol–water partition coefficient (Wildman–Crippen LogP) is 2.54. The van der Waals surface area contributed by atoms with Crippen molar-refractivity contribution in [1.82, 2.24) is 0 Å². The van der Waals surface area contributed by atoms with Crippen molar-refractivity contribution in [1.29, 1.82) is 0 Å². The molecule has 1 aromatic rings. The van der Waals surface area contributed by atoms with Crippen molar-refractivity contribution < 1.29 is 14.2 Å². The second kappa shape index (κ2) is 3.94. The van der Waals surface area contributed by atoms with E-state index >= 15 is 0 Å². The molecule has 1 atom stereocenters. The monoisotopic (exact) mass is 204 g/mol. The van der Waals surface area contributed by atoms with Crippen LogP contribution in [-0.4, -0.2) is 12.2 Å². The van der Waals surface area contributed by atoms with Crippen molar-refractivity contribution in [2.45, 2.75) is 13.0 Å². The summed E-state index contributed by atoms with van der Waals surface area (Å²) >= 11 is 5.69. The van der Waals surface area contributed by atoms with Crippen LogP contribution in [0.3, 0.4) is 0 Å². The van der Waals surface area contributed by atoms with Gasteiger partial charge in [0.2, 0.25) is 0 Å². The Morgan fingerprint density at radius 1 is 1.54 bits per heavy atom. The van der Waals surface area contributed by atoms with E-state index in [1.807, 2.05) is 0 Å². The molecule has 0 aliphatic rings. The summed E-state index contributed by atoms with van der Waals surface area (Å²) in [7, 11) is 1.35. The topological polar surface area (TPSA) is 29.5 Å². The summed E-state index contributed by atoms with van der Waals surface area (Å²) in [5.41, 5.74) is 0.143. The minimum absolute atomic E-state index is 0.0448. The Bertz CT molecular complexity index is 313. The number of aliphatic hydroxyl groups excluding tert-OH is 1. The molecule has 13 heavy (non-hydrogen) atoms. The fraction of sp³-hybridized carbons (Fsp3) is 0.333. The van der Waals surface area contributed by atoms with Crippen molar-refractivity contribution in [3.63, 3.8) is 0 Å². The number of ether oxygens (including phenoxy) is 1. The lowest BCUT2D eigenvalue weighted by atomic mass is 10.1. The van der Waals surface area contributed by atoms with Gasteiger partial charge in [-0.25, -0.2) is 4.39 Å². The molecular weight excluding hydrogens is 195 g/mol. The summed E-state index contributed by atoms with van der Waals surface area (Å²) in [6, 6.07) is 2.74. The van der Waals surface area contributed by atoms with E-state index in [1.165, 1.54) is 26.2 Å². The zero-order valence-electron chi connectivity index (χ0n) is 7.34. The molecule has 0 amide bonds. The van der Waals surface area contributed by atoms with Gasteiger partial charge in [-0.15, -0.1) is 0 Å². The van der Waals surface area contributed by atoms with Crippen molar-refractivity contribution in [2.75, 3.05) is 7.11 Å². The van der Waals surface area contributed by atoms with Crippen molar-refractivity contribution >= 4 is 11.6 Å². The van der Waals surface area contributed by atoms with Crippen LogP contribution in [0, 0.1) is 5.82 Å². The largest absolute Gasteiger partial charge is 0.494 e. The van der Waals surface area contributed by atoms with Gasteiger partial charge in [-0.3, -0.25) is 0 Å². The molecule has 2 nitrogen and oxygen atoms in total. The van der Waals surface area contributed by atoms with Crippen LogP contribution in [0.15, 0.2) is 12.1 Å². The first kappa shape index (κ1) is 10.3. The zero-order chi connectivity index (χ0) is 10.0. The highest BCUT2D eigenvalue weighted by atomic mass is 35.5. The summed E-state index contributed by atoms with van der Waals surface area (Å²) in [5.74, 6) is -0.523. The average molecular weight is 205 g/mol. The standard InChI is InChI=1S/C9H10ClFO2/c1-5(12)7-3-6(10)4-8(13-2)9(7)11/h3-5,12H,1-2H3. The van der Waals surface area contributed by atoms with E-state index in [0.29, 0.717) is 5.02 Å². The number of rotatable bonds is 2. The summed E-state index contributed by atoms with van der Waals surface area (Å²) in [6.07, 6.45) is -0.896. The van der Waals surface area contributed by atoms with E-state index in [2.05, 4.69) is 0 Å². The molecule has 0 aliphatic carbocycles. The zero-order valence-corrected chi connectivity index (χ0v) is 8.10. The van der Waals surface area contributed by atoms with Crippen LogP contribution in [0.2, 0.25) is 5.02 Å². The van der Waals surface area contributed by atoms with Crippen LogP contribution in [0.1, 0.15) is 18.6 Å². The van der Waals surface area contributed by atoms with Crippen molar-refractivity contribution in [3.8, 4) is 5.75 Å². The third-order valence-electron chi connectivity index (χ3n) is 1.70. The SMILES string of the molecule is COc1cc(Cl)cc(C(C)O)c1F. The Labute approximate surface area is 80.9 Å². The first-order valence-corrected chi connectivity index (χ1v) is 4.15. The minimum atomic E-state index is -0.896. The molecule has 0 spiro atoms. The average Bonchev–Trinajstić information content (AvgIpc) is 2.08. The van der Waals surface area contributed by atoms with Gasteiger partial charge in [0.1, 0.15) is 0 Å². The molecule has 0 saturated heterocycles. The molecule has 0 heterocycles. The van der Waals surface area contributed by atoms with Crippen LogP contribution in [0.5, 0.6) is 5.75 Å². The van der Waals surface area contributed by atoms with E-state index in [9.17, 15) is 9.50 Å². The first-order chi connectivity index (χ1) is 6.06. The molecule has 4 heteroatoms. The molecule has 0 bridgehead atoms. The Balaban J connectivity index is 3.27.